The van der Waals surface area contributed by atoms with Crippen LogP contribution < -0.4 is 15.0 Å². The molecule has 0 unspecified atom stereocenters. The molecule has 0 radical (unpaired) electrons. The number of alkyl halides is 3. The zero-order valence-electron chi connectivity index (χ0n) is 8.93. The zero-order chi connectivity index (χ0) is 12.5. The SMILES string of the molecule is CONCc1c(C(F)(F)F)ccc2c1OCO2. The van der Waals surface area contributed by atoms with Gasteiger partial charge in [0.1, 0.15) is 0 Å². The molecule has 94 valence electrons. The first-order valence-corrected chi connectivity index (χ1v) is 4.78. The maximum absolute atomic E-state index is 12.8. The van der Waals surface area contributed by atoms with Crippen LogP contribution >= 0.6 is 0 Å². The number of halogens is 3. The second kappa shape index (κ2) is 4.42. The van der Waals surface area contributed by atoms with Gasteiger partial charge in [0, 0.05) is 5.56 Å². The maximum atomic E-state index is 12.8. The van der Waals surface area contributed by atoms with Crippen molar-refractivity contribution in [1.82, 2.24) is 5.48 Å². The van der Waals surface area contributed by atoms with Gasteiger partial charge >= 0.3 is 6.18 Å². The highest BCUT2D eigenvalue weighted by atomic mass is 19.4. The Morgan fingerprint density at radius 1 is 1.35 bits per heavy atom. The van der Waals surface area contributed by atoms with E-state index in [-0.39, 0.29) is 24.7 Å². The summed E-state index contributed by atoms with van der Waals surface area (Å²) in [6.45, 7) is -0.186. The van der Waals surface area contributed by atoms with Crippen LogP contribution in [0.3, 0.4) is 0 Å². The molecule has 1 aliphatic heterocycles. The van der Waals surface area contributed by atoms with E-state index in [1.54, 1.807) is 0 Å². The molecule has 17 heavy (non-hydrogen) atoms. The molecule has 0 atom stereocenters. The molecule has 7 heteroatoms. The Kier molecular flexibility index (Phi) is 3.12. The lowest BCUT2D eigenvalue weighted by atomic mass is 10.1. The molecule has 2 rings (SSSR count). The predicted octanol–water partition coefficient (Wildman–Crippen LogP) is 2.09. The van der Waals surface area contributed by atoms with Gasteiger partial charge < -0.3 is 14.3 Å². The molecular weight excluding hydrogens is 239 g/mol. The number of hydrogen-bond donors (Lipinski definition) is 1. The van der Waals surface area contributed by atoms with Crippen LogP contribution in [-0.4, -0.2) is 13.9 Å². The fourth-order valence-electron chi connectivity index (χ4n) is 1.62. The van der Waals surface area contributed by atoms with Crippen molar-refractivity contribution >= 4 is 0 Å². The standard InChI is InChI=1S/C10H10F3NO3/c1-15-14-4-6-7(10(11,12)13)2-3-8-9(6)17-5-16-8/h2-3,14H,4-5H2,1H3. The van der Waals surface area contributed by atoms with Gasteiger partial charge in [-0.25, -0.2) is 0 Å². The minimum atomic E-state index is -4.44. The predicted molar refractivity (Wildman–Crippen MR) is 51.4 cm³/mol. The summed E-state index contributed by atoms with van der Waals surface area (Å²) in [7, 11) is 1.33. The number of nitrogens with one attached hydrogen (secondary N) is 1. The van der Waals surface area contributed by atoms with Crippen LogP contribution in [0.2, 0.25) is 0 Å². The van der Waals surface area contributed by atoms with Gasteiger partial charge in [-0.05, 0) is 12.1 Å². The molecule has 0 aliphatic carbocycles. The molecule has 1 aromatic carbocycles. The van der Waals surface area contributed by atoms with Crippen molar-refractivity contribution in [3.8, 4) is 11.5 Å². The number of benzene rings is 1. The van der Waals surface area contributed by atoms with E-state index in [4.69, 9.17) is 9.47 Å². The first-order chi connectivity index (χ1) is 8.04. The first kappa shape index (κ1) is 12.0. The largest absolute Gasteiger partial charge is 0.454 e. The summed E-state index contributed by atoms with van der Waals surface area (Å²) >= 11 is 0. The van der Waals surface area contributed by atoms with Crippen molar-refractivity contribution in [1.29, 1.82) is 0 Å². The quantitative estimate of drug-likeness (QED) is 0.832. The van der Waals surface area contributed by atoms with Crippen molar-refractivity contribution in [3.05, 3.63) is 23.3 Å². The van der Waals surface area contributed by atoms with Crippen molar-refractivity contribution in [2.24, 2.45) is 0 Å². The summed E-state index contributed by atoms with van der Waals surface area (Å²) in [5, 5.41) is 0. The molecular formula is C10H10F3NO3. The average Bonchev–Trinajstić information content (AvgIpc) is 2.72. The Morgan fingerprint density at radius 2 is 2.12 bits per heavy atom. The summed E-state index contributed by atoms with van der Waals surface area (Å²) in [4.78, 5) is 4.56. The third-order valence-corrected chi connectivity index (χ3v) is 2.34. The lowest BCUT2D eigenvalue weighted by Gasteiger charge is -2.14. The van der Waals surface area contributed by atoms with Crippen LogP contribution in [0.4, 0.5) is 13.2 Å². The normalized spacial score (nSPS) is 14.1. The van der Waals surface area contributed by atoms with E-state index in [0.717, 1.165) is 6.07 Å². The monoisotopic (exact) mass is 249 g/mol. The van der Waals surface area contributed by atoms with Crippen LogP contribution in [0.1, 0.15) is 11.1 Å². The van der Waals surface area contributed by atoms with Gasteiger partial charge in [-0.15, -0.1) is 0 Å². The summed E-state index contributed by atoms with van der Waals surface area (Å²) in [5.41, 5.74) is 1.59. The number of hydrogen-bond acceptors (Lipinski definition) is 4. The van der Waals surface area contributed by atoms with Crippen molar-refractivity contribution in [3.63, 3.8) is 0 Å². The number of hydroxylamine groups is 1. The van der Waals surface area contributed by atoms with Crippen molar-refractivity contribution < 1.29 is 27.5 Å². The molecule has 1 N–H and O–H groups in total. The molecule has 1 aliphatic rings. The van der Waals surface area contributed by atoms with Gasteiger partial charge in [-0.3, -0.25) is 0 Å². The average molecular weight is 249 g/mol. The first-order valence-electron chi connectivity index (χ1n) is 4.78. The van der Waals surface area contributed by atoms with Crippen LogP contribution in [0.5, 0.6) is 11.5 Å². The Morgan fingerprint density at radius 3 is 2.76 bits per heavy atom. The molecule has 0 fully saturated rings. The highest BCUT2D eigenvalue weighted by Crippen LogP contribution is 2.43. The molecule has 0 amide bonds. The molecule has 4 nitrogen and oxygen atoms in total. The van der Waals surface area contributed by atoms with Crippen molar-refractivity contribution in [2.45, 2.75) is 12.7 Å². The molecule has 0 saturated heterocycles. The fourth-order valence-corrected chi connectivity index (χ4v) is 1.62. The third kappa shape index (κ3) is 2.29. The van der Waals surface area contributed by atoms with Crippen molar-refractivity contribution in [2.75, 3.05) is 13.9 Å². The Hall–Kier alpha value is -1.47. The van der Waals surface area contributed by atoms with Crippen LogP contribution in [-0.2, 0) is 17.6 Å². The lowest BCUT2D eigenvalue weighted by molar-refractivity contribution is -0.138. The van der Waals surface area contributed by atoms with Crippen LogP contribution in [0, 0.1) is 0 Å². The highest BCUT2D eigenvalue weighted by Gasteiger charge is 2.36. The minimum absolute atomic E-state index is 0.0191. The molecule has 1 aromatic rings. The smallest absolute Gasteiger partial charge is 0.416 e. The van der Waals surface area contributed by atoms with Gasteiger partial charge in [-0.1, -0.05) is 0 Å². The summed E-state index contributed by atoms with van der Waals surface area (Å²) in [5.74, 6) is 0.426. The number of rotatable bonds is 3. The summed E-state index contributed by atoms with van der Waals surface area (Å²) < 4.78 is 48.4. The van der Waals surface area contributed by atoms with Gasteiger partial charge in [0.05, 0.1) is 19.2 Å². The molecule has 0 saturated carbocycles. The van der Waals surface area contributed by atoms with E-state index in [0.29, 0.717) is 5.75 Å². The van der Waals surface area contributed by atoms with Gasteiger partial charge in [0.15, 0.2) is 11.5 Å². The minimum Gasteiger partial charge on any atom is -0.454 e. The van der Waals surface area contributed by atoms with E-state index >= 15 is 0 Å². The topological polar surface area (TPSA) is 39.7 Å². The van der Waals surface area contributed by atoms with E-state index in [9.17, 15) is 13.2 Å². The molecule has 0 spiro atoms. The maximum Gasteiger partial charge on any atom is 0.416 e. The fraction of sp³-hybridized carbons (Fsp3) is 0.400. The van der Waals surface area contributed by atoms with E-state index < -0.39 is 11.7 Å². The van der Waals surface area contributed by atoms with Crippen LogP contribution in [0.25, 0.3) is 0 Å². The number of ether oxygens (including phenoxy) is 2. The lowest BCUT2D eigenvalue weighted by Crippen LogP contribution is -2.17. The Balaban J connectivity index is 2.45. The Bertz CT molecular complexity index is 420. The third-order valence-electron chi connectivity index (χ3n) is 2.34. The van der Waals surface area contributed by atoms with Gasteiger partial charge in [0.25, 0.3) is 0 Å². The summed E-state index contributed by atoms with van der Waals surface area (Å²) in [6.07, 6.45) is -4.44. The Labute approximate surface area is 95.2 Å². The number of fused-ring (bicyclic) bond motifs is 1. The highest BCUT2D eigenvalue weighted by molar-refractivity contribution is 5.52. The van der Waals surface area contributed by atoms with Crippen LogP contribution in [0.15, 0.2) is 12.1 Å². The zero-order valence-corrected chi connectivity index (χ0v) is 8.93. The van der Waals surface area contributed by atoms with E-state index in [1.807, 2.05) is 0 Å². The second-order valence-corrected chi connectivity index (χ2v) is 3.35. The van der Waals surface area contributed by atoms with Gasteiger partial charge in [0.2, 0.25) is 6.79 Å². The molecule has 0 bridgehead atoms. The van der Waals surface area contributed by atoms with E-state index in [1.165, 1.54) is 13.2 Å². The summed E-state index contributed by atoms with van der Waals surface area (Å²) in [6, 6.07) is 2.22. The second-order valence-electron chi connectivity index (χ2n) is 3.35. The molecule has 0 aromatic heterocycles. The van der Waals surface area contributed by atoms with Gasteiger partial charge in [-0.2, -0.15) is 18.7 Å². The molecule has 1 heterocycles. The van der Waals surface area contributed by atoms with E-state index in [2.05, 4.69) is 10.3 Å².